The minimum atomic E-state index is -0.0551. The van der Waals surface area contributed by atoms with E-state index in [9.17, 15) is 0 Å². The summed E-state index contributed by atoms with van der Waals surface area (Å²) >= 11 is 0. The molecular weight excluding hydrogens is 212 g/mol. The predicted molar refractivity (Wildman–Crippen MR) is 66.1 cm³/mol. The van der Waals surface area contributed by atoms with Crippen molar-refractivity contribution in [3.8, 4) is 17.0 Å². The molecule has 3 rings (SSSR count). The van der Waals surface area contributed by atoms with Crippen LogP contribution >= 0.6 is 0 Å². The van der Waals surface area contributed by atoms with Gasteiger partial charge in [-0.1, -0.05) is 19.9 Å². The van der Waals surface area contributed by atoms with Gasteiger partial charge in [-0.2, -0.15) is 0 Å². The number of methoxy groups -OCH3 is 1. The zero-order chi connectivity index (χ0) is 12.0. The minimum Gasteiger partial charge on any atom is -0.494 e. The van der Waals surface area contributed by atoms with Crippen LogP contribution in [0.1, 0.15) is 25.0 Å². The van der Waals surface area contributed by atoms with Gasteiger partial charge in [0.2, 0.25) is 0 Å². The lowest BCUT2D eigenvalue weighted by Gasteiger charge is -2.20. The van der Waals surface area contributed by atoms with Gasteiger partial charge in [0.25, 0.3) is 0 Å². The normalized spacial score (nSPS) is 15.2. The molecule has 0 saturated carbocycles. The Labute approximate surface area is 100 Å². The van der Waals surface area contributed by atoms with Crippen LogP contribution in [0.3, 0.4) is 0 Å². The predicted octanol–water partition coefficient (Wildman–Crippen LogP) is 2.79. The first-order chi connectivity index (χ1) is 8.16. The molecule has 0 unspecified atom stereocenters. The number of nitrogens with zero attached hydrogens (tertiary/aromatic N) is 2. The van der Waals surface area contributed by atoms with Crippen molar-refractivity contribution in [3.05, 3.63) is 41.9 Å². The molecule has 0 amide bonds. The highest BCUT2D eigenvalue weighted by molar-refractivity contribution is 5.81. The van der Waals surface area contributed by atoms with Crippen LogP contribution in [0.2, 0.25) is 0 Å². The highest BCUT2D eigenvalue weighted by Crippen LogP contribution is 2.50. The Hall–Kier alpha value is -1.90. The van der Waals surface area contributed by atoms with Crippen molar-refractivity contribution in [2.45, 2.75) is 19.3 Å². The molecule has 17 heavy (non-hydrogen) atoms. The highest BCUT2D eigenvalue weighted by atomic mass is 16.5. The Morgan fingerprint density at radius 2 is 2.00 bits per heavy atom. The number of hydrogen-bond donors (Lipinski definition) is 0. The largest absolute Gasteiger partial charge is 0.494 e. The average Bonchev–Trinajstić information content (AvgIpc) is 2.60. The fraction of sp³-hybridized carbons (Fsp3) is 0.286. The van der Waals surface area contributed by atoms with Crippen LogP contribution in [0, 0.1) is 0 Å². The Kier molecular flexibility index (Phi) is 1.99. The molecule has 0 atom stereocenters. The van der Waals surface area contributed by atoms with Crippen LogP contribution in [0.15, 0.2) is 30.7 Å². The third kappa shape index (κ3) is 1.22. The van der Waals surface area contributed by atoms with E-state index < -0.39 is 0 Å². The van der Waals surface area contributed by atoms with Gasteiger partial charge in [0.05, 0.1) is 19.0 Å². The summed E-state index contributed by atoms with van der Waals surface area (Å²) in [7, 11) is 1.67. The first-order valence-corrected chi connectivity index (χ1v) is 5.64. The SMILES string of the molecule is COc1cncc2c1-c1ncccc1C2(C)C. The number of ether oxygens (including phenoxy) is 1. The maximum Gasteiger partial charge on any atom is 0.146 e. The molecule has 0 spiro atoms. The molecule has 2 aromatic rings. The van der Waals surface area contributed by atoms with E-state index in [2.05, 4.69) is 29.9 Å². The van der Waals surface area contributed by atoms with E-state index in [1.165, 1.54) is 11.1 Å². The molecule has 0 fully saturated rings. The summed E-state index contributed by atoms with van der Waals surface area (Å²) in [4.78, 5) is 8.75. The summed E-state index contributed by atoms with van der Waals surface area (Å²) < 4.78 is 5.40. The molecule has 86 valence electrons. The summed E-state index contributed by atoms with van der Waals surface area (Å²) in [6.07, 6.45) is 5.49. The van der Waals surface area contributed by atoms with E-state index >= 15 is 0 Å². The minimum absolute atomic E-state index is 0.0551. The van der Waals surface area contributed by atoms with Gasteiger partial charge >= 0.3 is 0 Å². The number of rotatable bonds is 1. The van der Waals surface area contributed by atoms with Crippen LogP contribution in [0.5, 0.6) is 5.75 Å². The van der Waals surface area contributed by atoms with Gasteiger partial charge in [-0.05, 0) is 17.2 Å². The second kappa shape index (κ2) is 3.29. The fourth-order valence-corrected chi connectivity index (χ4v) is 2.57. The molecule has 2 heterocycles. The van der Waals surface area contributed by atoms with E-state index in [4.69, 9.17) is 4.74 Å². The van der Waals surface area contributed by atoms with Crippen molar-refractivity contribution >= 4 is 0 Å². The maximum absolute atomic E-state index is 5.40. The average molecular weight is 226 g/mol. The molecule has 2 aromatic heterocycles. The van der Waals surface area contributed by atoms with Gasteiger partial charge in [0, 0.05) is 23.4 Å². The molecule has 0 aromatic carbocycles. The van der Waals surface area contributed by atoms with Gasteiger partial charge in [-0.15, -0.1) is 0 Å². The van der Waals surface area contributed by atoms with E-state index in [0.29, 0.717) is 0 Å². The summed E-state index contributed by atoms with van der Waals surface area (Å²) in [5.74, 6) is 0.799. The second-order valence-electron chi connectivity index (χ2n) is 4.79. The molecular formula is C14H14N2O. The van der Waals surface area contributed by atoms with E-state index in [0.717, 1.165) is 17.0 Å². The van der Waals surface area contributed by atoms with Crippen LogP contribution in [-0.4, -0.2) is 17.1 Å². The van der Waals surface area contributed by atoms with E-state index in [1.54, 1.807) is 13.3 Å². The molecule has 0 aliphatic heterocycles. The lowest BCUT2D eigenvalue weighted by atomic mass is 9.83. The van der Waals surface area contributed by atoms with Crippen molar-refractivity contribution in [2.75, 3.05) is 7.11 Å². The van der Waals surface area contributed by atoms with Crippen molar-refractivity contribution in [3.63, 3.8) is 0 Å². The summed E-state index contributed by atoms with van der Waals surface area (Å²) in [5, 5.41) is 0. The van der Waals surface area contributed by atoms with E-state index in [-0.39, 0.29) is 5.41 Å². The third-order valence-corrected chi connectivity index (χ3v) is 3.52. The molecule has 1 aliphatic carbocycles. The van der Waals surface area contributed by atoms with Gasteiger partial charge in [0.1, 0.15) is 5.75 Å². The topological polar surface area (TPSA) is 35.0 Å². The number of aromatic nitrogens is 2. The highest BCUT2D eigenvalue weighted by Gasteiger charge is 2.38. The monoisotopic (exact) mass is 226 g/mol. The molecule has 0 saturated heterocycles. The first kappa shape index (κ1) is 10.3. The smallest absolute Gasteiger partial charge is 0.146 e. The van der Waals surface area contributed by atoms with Crippen LogP contribution < -0.4 is 4.74 Å². The van der Waals surface area contributed by atoms with Crippen LogP contribution in [-0.2, 0) is 5.41 Å². The maximum atomic E-state index is 5.40. The molecule has 0 N–H and O–H groups in total. The van der Waals surface area contributed by atoms with Crippen molar-refractivity contribution < 1.29 is 4.74 Å². The van der Waals surface area contributed by atoms with E-state index in [1.807, 2.05) is 18.5 Å². The molecule has 1 aliphatic rings. The lowest BCUT2D eigenvalue weighted by Crippen LogP contribution is -2.15. The number of pyridine rings is 2. The number of hydrogen-bond acceptors (Lipinski definition) is 3. The van der Waals surface area contributed by atoms with Crippen molar-refractivity contribution in [1.82, 2.24) is 9.97 Å². The zero-order valence-electron chi connectivity index (χ0n) is 10.2. The Balaban J connectivity index is 2.41. The quantitative estimate of drug-likeness (QED) is 0.750. The molecule has 0 radical (unpaired) electrons. The van der Waals surface area contributed by atoms with Crippen molar-refractivity contribution in [1.29, 1.82) is 0 Å². The lowest BCUT2D eigenvalue weighted by molar-refractivity contribution is 0.413. The van der Waals surface area contributed by atoms with Gasteiger partial charge in [-0.25, -0.2) is 0 Å². The standard InChI is InChI=1S/C14H14N2O/c1-14(2)9-5-4-6-16-13(9)12-10(14)7-15-8-11(12)17-3/h4-8H,1-3H3. The summed E-state index contributed by atoms with van der Waals surface area (Å²) in [6.45, 7) is 4.39. The van der Waals surface area contributed by atoms with Gasteiger partial charge in [0.15, 0.2) is 0 Å². The third-order valence-electron chi connectivity index (χ3n) is 3.52. The molecule has 3 nitrogen and oxygen atoms in total. The Morgan fingerprint density at radius 3 is 2.76 bits per heavy atom. The zero-order valence-corrected chi connectivity index (χ0v) is 10.2. The molecule has 0 bridgehead atoms. The number of fused-ring (bicyclic) bond motifs is 3. The first-order valence-electron chi connectivity index (χ1n) is 5.64. The Morgan fingerprint density at radius 1 is 1.18 bits per heavy atom. The van der Waals surface area contributed by atoms with Gasteiger partial charge < -0.3 is 4.74 Å². The summed E-state index contributed by atoms with van der Waals surface area (Å²) in [6, 6.07) is 4.11. The van der Waals surface area contributed by atoms with Crippen molar-refractivity contribution in [2.24, 2.45) is 0 Å². The van der Waals surface area contributed by atoms with Gasteiger partial charge in [-0.3, -0.25) is 9.97 Å². The fourth-order valence-electron chi connectivity index (χ4n) is 2.57. The second-order valence-corrected chi connectivity index (χ2v) is 4.79. The van der Waals surface area contributed by atoms with Crippen LogP contribution in [0.4, 0.5) is 0 Å². The van der Waals surface area contributed by atoms with Crippen LogP contribution in [0.25, 0.3) is 11.3 Å². The Bertz CT molecular complexity index is 591. The molecule has 3 heteroatoms. The summed E-state index contributed by atoms with van der Waals surface area (Å²) in [5.41, 5.74) is 4.47.